The van der Waals surface area contributed by atoms with Crippen LogP contribution in [0.25, 0.3) is 11.3 Å². The van der Waals surface area contributed by atoms with Crippen molar-refractivity contribution in [2.24, 2.45) is 17.8 Å². The maximum atomic E-state index is 14.0. The quantitative estimate of drug-likeness (QED) is 0.550. The van der Waals surface area contributed by atoms with Crippen molar-refractivity contribution in [3.05, 3.63) is 41.7 Å². The number of ether oxygens (including phenoxy) is 1. The summed E-state index contributed by atoms with van der Waals surface area (Å²) in [5, 5.41) is 11.6. The van der Waals surface area contributed by atoms with Gasteiger partial charge in [0.15, 0.2) is 11.6 Å². The van der Waals surface area contributed by atoms with E-state index in [-0.39, 0.29) is 22.5 Å². The Labute approximate surface area is 205 Å². The predicted molar refractivity (Wildman–Crippen MR) is 129 cm³/mol. The number of hydrogen-bond acceptors (Lipinski definition) is 5. The monoisotopic (exact) mass is 488 g/mol. The maximum absolute atomic E-state index is 14.0. The summed E-state index contributed by atoms with van der Waals surface area (Å²) >= 11 is 0. The van der Waals surface area contributed by atoms with Crippen LogP contribution in [0.5, 0.6) is 0 Å². The summed E-state index contributed by atoms with van der Waals surface area (Å²) in [5.41, 5.74) is -0.261. The Morgan fingerprint density at radius 2 is 1.63 bits per heavy atom. The van der Waals surface area contributed by atoms with E-state index in [0.717, 1.165) is 51.4 Å². The first-order chi connectivity index (χ1) is 16.5. The Morgan fingerprint density at radius 1 is 0.971 bits per heavy atom. The van der Waals surface area contributed by atoms with Gasteiger partial charge in [-0.05, 0) is 89.3 Å². The second-order valence-electron chi connectivity index (χ2n) is 12.0. The van der Waals surface area contributed by atoms with Gasteiger partial charge in [0.05, 0.1) is 16.9 Å². The zero-order valence-corrected chi connectivity index (χ0v) is 21.0. The van der Waals surface area contributed by atoms with Gasteiger partial charge in [0.1, 0.15) is 11.6 Å². The third-order valence-corrected chi connectivity index (χ3v) is 7.74. The van der Waals surface area contributed by atoms with Crippen molar-refractivity contribution < 1.29 is 17.9 Å². The number of benzene rings is 1. The Bertz CT molecular complexity index is 1040. The largest absolute Gasteiger partial charge is 0.370 e. The number of nitrogens with zero attached hydrogens (tertiary/aromatic N) is 3. The highest BCUT2D eigenvalue weighted by molar-refractivity contribution is 5.60. The highest BCUT2D eigenvalue weighted by atomic mass is 19.2. The van der Waals surface area contributed by atoms with Crippen LogP contribution >= 0.6 is 0 Å². The number of rotatable bonds is 5. The van der Waals surface area contributed by atoms with Crippen molar-refractivity contribution in [3.8, 4) is 11.3 Å². The molecule has 2 aromatic rings. The van der Waals surface area contributed by atoms with E-state index >= 15 is 0 Å². The van der Waals surface area contributed by atoms with Crippen molar-refractivity contribution in [2.75, 3.05) is 25.0 Å². The maximum Gasteiger partial charge on any atom is 0.168 e. The predicted octanol–water partition coefficient (Wildman–Crippen LogP) is 5.67. The lowest BCUT2D eigenvalue weighted by molar-refractivity contribution is -0.174. The highest BCUT2D eigenvalue weighted by Crippen LogP contribution is 2.42. The molecule has 5 rings (SSSR count). The van der Waals surface area contributed by atoms with Crippen LogP contribution < -0.4 is 5.32 Å². The molecule has 1 aliphatic carbocycles. The molecule has 1 saturated carbocycles. The average molecular weight is 489 g/mol. The van der Waals surface area contributed by atoms with E-state index in [1.165, 1.54) is 0 Å². The van der Waals surface area contributed by atoms with Gasteiger partial charge in [-0.15, -0.1) is 10.2 Å². The lowest BCUT2D eigenvalue weighted by atomic mass is 9.80. The minimum Gasteiger partial charge on any atom is -0.370 e. The molecule has 1 aromatic carbocycles. The van der Waals surface area contributed by atoms with Crippen molar-refractivity contribution in [2.45, 2.75) is 70.6 Å². The molecular formula is C27H35F3N4O. The van der Waals surface area contributed by atoms with Gasteiger partial charge in [0, 0.05) is 37.3 Å². The van der Waals surface area contributed by atoms with Crippen molar-refractivity contribution in [3.63, 3.8) is 0 Å². The third kappa shape index (κ3) is 5.48. The molecule has 0 radical (unpaired) electrons. The van der Waals surface area contributed by atoms with E-state index in [2.05, 4.69) is 48.1 Å². The molecule has 35 heavy (non-hydrogen) atoms. The second kappa shape index (κ2) is 9.04. The Balaban J connectivity index is 1.14. The minimum atomic E-state index is -1.24. The van der Waals surface area contributed by atoms with E-state index in [1.807, 2.05) is 0 Å². The minimum absolute atomic E-state index is 0.0672. The molecule has 3 aliphatic rings. The SMILES string of the molecule is CC1(C)CC(CN2C[C@H]3C[C@@H](Nc4ccc(-c5cc(F)cc(F)c5F)nn4)C[C@H]3C2)CC(C)(C)O1. The van der Waals surface area contributed by atoms with E-state index in [1.54, 1.807) is 12.1 Å². The number of nitrogens with one attached hydrogen (secondary N) is 1. The van der Waals surface area contributed by atoms with Gasteiger partial charge >= 0.3 is 0 Å². The van der Waals surface area contributed by atoms with Gasteiger partial charge in [0.2, 0.25) is 0 Å². The van der Waals surface area contributed by atoms with Crippen molar-refractivity contribution >= 4 is 5.82 Å². The molecule has 0 amide bonds. The van der Waals surface area contributed by atoms with Crippen LogP contribution in [0.2, 0.25) is 0 Å². The van der Waals surface area contributed by atoms with E-state index in [0.29, 0.717) is 35.7 Å². The molecule has 3 heterocycles. The van der Waals surface area contributed by atoms with Crippen LogP contribution in [0, 0.1) is 35.2 Å². The molecule has 2 aliphatic heterocycles. The molecular weight excluding hydrogens is 453 g/mol. The number of likely N-dealkylation sites (tertiary alicyclic amines) is 1. The molecule has 2 saturated heterocycles. The molecule has 0 unspecified atom stereocenters. The fraction of sp³-hybridized carbons (Fsp3) is 0.630. The van der Waals surface area contributed by atoms with Crippen LogP contribution in [-0.4, -0.2) is 52.0 Å². The zero-order valence-electron chi connectivity index (χ0n) is 21.0. The lowest BCUT2D eigenvalue weighted by Crippen LogP contribution is -2.47. The van der Waals surface area contributed by atoms with Gasteiger partial charge in [-0.25, -0.2) is 13.2 Å². The van der Waals surface area contributed by atoms with Gasteiger partial charge in [-0.2, -0.15) is 0 Å². The number of anilines is 1. The smallest absolute Gasteiger partial charge is 0.168 e. The molecule has 1 N–H and O–H groups in total. The third-order valence-electron chi connectivity index (χ3n) is 7.74. The molecule has 0 bridgehead atoms. The normalized spacial score (nSPS) is 28.3. The molecule has 0 spiro atoms. The Morgan fingerprint density at radius 3 is 2.23 bits per heavy atom. The zero-order chi connectivity index (χ0) is 25.0. The Hall–Kier alpha value is -2.19. The standard InChI is InChI=1S/C27H35F3N4O/c1-26(2)11-16(12-27(3,4)35-26)13-34-14-17-7-20(8-18(17)15-34)31-24-6-5-23(32-33-24)21-9-19(28)10-22(29)25(21)30/h5-6,9-10,16-18,20H,7-8,11-15H2,1-4H3,(H,31,33)/t17-,18+,20-. The van der Waals surface area contributed by atoms with Crippen molar-refractivity contribution in [1.82, 2.24) is 15.1 Å². The van der Waals surface area contributed by atoms with Gasteiger partial charge in [0.25, 0.3) is 0 Å². The van der Waals surface area contributed by atoms with E-state index < -0.39 is 17.5 Å². The number of halogens is 3. The lowest BCUT2D eigenvalue weighted by Gasteiger charge is -2.46. The summed E-state index contributed by atoms with van der Waals surface area (Å²) in [6.07, 6.45) is 4.37. The van der Waals surface area contributed by atoms with Gasteiger partial charge in [-0.1, -0.05) is 0 Å². The summed E-state index contributed by atoms with van der Waals surface area (Å²) in [5.74, 6) is -0.609. The summed E-state index contributed by atoms with van der Waals surface area (Å²) in [6, 6.07) is 5.00. The summed E-state index contributed by atoms with van der Waals surface area (Å²) in [7, 11) is 0. The first-order valence-electron chi connectivity index (χ1n) is 12.6. The first-order valence-corrected chi connectivity index (χ1v) is 12.6. The van der Waals surface area contributed by atoms with Crippen molar-refractivity contribution in [1.29, 1.82) is 0 Å². The second-order valence-corrected chi connectivity index (χ2v) is 12.0. The molecule has 3 fully saturated rings. The Kier molecular flexibility index (Phi) is 6.33. The summed E-state index contributed by atoms with van der Waals surface area (Å²) < 4.78 is 47.3. The molecule has 5 nitrogen and oxygen atoms in total. The number of hydrogen-bond donors (Lipinski definition) is 1. The topological polar surface area (TPSA) is 50.3 Å². The fourth-order valence-electron chi connectivity index (χ4n) is 6.96. The number of aromatic nitrogens is 2. The van der Waals surface area contributed by atoms with Crippen LogP contribution in [-0.2, 0) is 4.74 Å². The molecule has 1 aromatic heterocycles. The average Bonchev–Trinajstić information content (AvgIpc) is 3.26. The molecule has 3 atom stereocenters. The van der Waals surface area contributed by atoms with Crippen LogP contribution in [0.15, 0.2) is 24.3 Å². The van der Waals surface area contributed by atoms with Crippen LogP contribution in [0.1, 0.15) is 53.4 Å². The molecule has 8 heteroatoms. The molecule has 190 valence electrons. The van der Waals surface area contributed by atoms with E-state index in [4.69, 9.17) is 4.74 Å². The first kappa shape index (κ1) is 24.5. The van der Waals surface area contributed by atoms with Gasteiger partial charge in [-0.3, -0.25) is 0 Å². The fourth-order valence-corrected chi connectivity index (χ4v) is 6.96. The van der Waals surface area contributed by atoms with Crippen LogP contribution in [0.4, 0.5) is 19.0 Å². The summed E-state index contributed by atoms with van der Waals surface area (Å²) in [4.78, 5) is 2.65. The number of fused-ring (bicyclic) bond motifs is 1. The summed E-state index contributed by atoms with van der Waals surface area (Å²) in [6.45, 7) is 12.2. The van der Waals surface area contributed by atoms with Gasteiger partial charge < -0.3 is 15.0 Å². The van der Waals surface area contributed by atoms with Crippen LogP contribution in [0.3, 0.4) is 0 Å². The highest BCUT2D eigenvalue weighted by Gasteiger charge is 2.44. The van der Waals surface area contributed by atoms with E-state index in [9.17, 15) is 13.2 Å².